The van der Waals surface area contributed by atoms with Gasteiger partial charge in [0.05, 0.1) is 0 Å². The number of hydrogen-bond donors (Lipinski definition) is 0. The number of likely N-dealkylation sites (tertiary alicyclic amines) is 1. The molecular formula is C11H20N4O2. The van der Waals surface area contributed by atoms with E-state index in [0.29, 0.717) is 19.5 Å². The van der Waals surface area contributed by atoms with E-state index in [1.807, 2.05) is 27.7 Å². The number of carbonyl (C=O) groups is 1. The molecule has 0 aromatic rings. The molecule has 6 heteroatoms. The minimum Gasteiger partial charge on any atom is -0.444 e. The van der Waals surface area contributed by atoms with Crippen LogP contribution in [0.4, 0.5) is 4.79 Å². The number of azide groups is 1. The fourth-order valence-electron chi connectivity index (χ4n) is 1.86. The maximum atomic E-state index is 11.8. The van der Waals surface area contributed by atoms with E-state index in [1.165, 1.54) is 0 Å². The molecule has 1 fully saturated rings. The van der Waals surface area contributed by atoms with Crippen LogP contribution in [0.1, 0.15) is 34.1 Å². The second-order valence-corrected chi connectivity index (χ2v) is 5.46. The zero-order valence-corrected chi connectivity index (χ0v) is 10.9. The molecule has 0 aromatic carbocycles. The van der Waals surface area contributed by atoms with Crippen molar-refractivity contribution >= 4 is 6.09 Å². The summed E-state index contributed by atoms with van der Waals surface area (Å²) in [6.45, 7) is 8.70. The maximum absolute atomic E-state index is 11.8. The highest BCUT2D eigenvalue weighted by Crippen LogP contribution is 2.21. The van der Waals surface area contributed by atoms with Crippen molar-refractivity contribution in [1.82, 2.24) is 4.90 Å². The zero-order valence-electron chi connectivity index (χ0n) is 10.9. The van der Waals surface area contributed by atoms with Crippen molar-refractivity contribution in [2.45, 2.75) is 45.8 Å². The first-order chi connectivity index (χ1) is 7.83. The molecule has 1 heterocycles. The van der Waals surface area contributed by atoms with E-state index in [2.05, 4.69) is 10.0 Å². The number of amides is 1. The molecule has 0 N–H and O–H groups in total. The van der Waals surface area contributed by atoms with Crippen LogP contribution >= 0.6 is 0 Å². The molecular weight excluding hydrogens is 220 g/mol. The summed E-state index contributed by atoms with van der Waals surface area (Å²) in [4.78, 5) is 16.3. The minimum absolute atomic E-state index is 0.0151. The Labute approximate surface area is 102 Å². The van der Waals surface area contributed by atoms with Crippen LogP contribution < -0.4 is 0 Å². The van der Waals surface area contributed by atoms with E-state index in [9.17, 15) is 4.79 Å². The van der Waals surface area contributed by atoms with Crippen molar-refractivity contribution < 1.29 is 9.53 Å². The lowest BCUT2D eigenvalue weighted by atomic mass is 9.95. The molecule has 2 atom stereocenters. The third-order valence-electron chi connectivity index (χ3n) is 2.71. The molecule has 0 spiro atoms. The lowest BCUT2D eigenvalue weighted by Crippen LogP contribution is -2.46. The Balaban J connectivity index is 2.55. The van der Waals surface area contributed by atoms with E-state index >= 15 is 0 Å². The smallest absolute Gasteiger partial charge is 0.410 e. The van der Waals surface area contributed by atoms with Gasteiger partial charge in [-0.05, 0) is 38.6 Å². The Morgan fingerprint density at radius 3 is 2.65 bits per heavy atom. The van der Waals surface area contributed by atoms with Gasteiger partial charge in [0.1, 0.15) is 5.60 Å². The van der Waals surface area contributed by atoms with Crippen LogP contribution in [0.15, 0.2) is 5.11 Å². The molecule has 1 amide bonds. The van der Waals surface area contributed by atoms with Crippen LogP contribution in [0, 0.1) is 5.92 Å². The third-order valence-corrected chi connectivity index (χ3v) is 2.71. The fraction of sp³-hybridized carbons (Fsp3) is 0.909. The number of rotatable bonds is 1. The van der Waals surface area contributed by atoms with Crippen LogP contribution in [-0.2, 0) is 4.74 Å². The predicted octanol–water partition coefficient (Wildman–Crippen LogP) is 2.94. The molecule has 0 aliphatic carbocycles. The number of piperidine rings is 1. The second-order valence-electron chi connectivity index (χ2n) is 5.46. The Hall–Kier alpha value is -1.42. The first-order valence-electron chi connectivity index (χ1n) is 5.85. The quantitative estimate of drug-likeness (QED) is 0.401. The van der Waals surface area contributed by atoms with E-state index in [1.54, 1.807) is 4.90 Å². The van der Waals surface area contributed by atoms with Gasteiger partial charge in [-0.2, -0.15) is 0 Å². The lowest BCUT2D eigenvalue weighted by Gasteiger charge is -2.35. The Morgan fingerprint density at radius 1 is 1.53 bits per heavy atom. The van der Waals surface area contributed by atoms with Crippen LogP contribution in [0.25, 0.3) is 10.4 Å². The summed E-state index contributed by atoms with van der Waals surface area (Å²) in [7, 11) is 0. The highest BCUT2D eigenvalue weighted by Gasteiger charge is 2.30. The van der Waals surface area contributed by atoms with Gasteiger partial charge in [0, 0.05) is 24.0 Å². The second kappa shape index (κ2) is 5.27. The summed E-state index contributed by atoms with van der Waals surface area (Å²) < 4.78 is 5.30. The average Bonchev–Trinajstić information content (AvgIpc) is 2.18. The van der Waals surface area contributed by atoms with Gasteiger partial charge in [-0.15, -0.1) is 0 Å². The molecule has 96 valence electrons. The summed E-state index contributed by atoms with van der Waals surface area (Å²) in [6.07, 6.45) is 0.411. The highest BCUT2D eigenvalue weighted by molar-refractivity contribution is 5.68. The zero-order chi connectivity index (χ0) is 13.1. The van der Waals surface area contributed by atoms with Gasteiger partial charge in [0.2, 0.25) is 0 Å². The van der Waals surface area contributed by atoms with Gasteiger partial charge in [0.25, 0.3) is 0 Å². The molecule has 0 saturated carbocycles. The normalized spacial score (nSPS) is 25.1. The van der Waals surface area contributed by atoms with E-state index in [4.69, 9.17) is 10.3 Å². The van der Waals surface area contributed by atoms with Gasteiger partial charge in [-0.1, -0.05) is 12.0 Å². The van der Waals surface area contributed by atoms with Crippen molar-refractivity contribution in [3.8, 4) is 0 Å². The van der Waals surface area contributed by atoms with Gasteiger partial charge >= 0.3 is 6.09 Å². The summed E-state index contributed by atoms with van der Waals surface area (Å²) in [6, 6.07) is -0.0151. The van der Waals surface area contributed by atoms with Gasteiger partial charge in [0.15, 0.2) is 0 Å². The van der Waals surface area contributed by atoms with Crippen LogP contribution in [0.5, 0.6) is 0 Å². The molecule has 1 aliphatic rings. The number of carbonyl (C=O) groups excluding carboxylic acids is 1. The molecule has 17 heavy (non-hydrogen) atoms. The van der Waals surface area contributed by atoms with Crippen LogP contribution in [0.3, 0.4) is 0 Å². The Bertz CT molecular complexity index is 331. The molecule has 1 saturated heterocycles. The highest BCUT2D eigenvalue weighted by atomic mass is 16.6. The molecule has 1 rings (SSSR count). The van der Waals surface area contributed by atoms with Gasteiger partial charge in [-0.25, -0.2) is 4.79 Å². The van der Waals surface area contributed by atoms with E-state index in [0.717, 1.165) is 0 Å². The number of hydrogen-bond acceptors (Lipinski definition) is 3. The first kappa shape index (κ1) is 13.6. The minimum atomic E-state index is -0.470. The lowest BCUT2D eigenvalue weighted by molar-refractivity contribution is 0.0158. The Kier molecular flexibility index (Phi) is 4.23. The summed E-state index contributed by atoms with van der Waals surface area (Å²) in [5.41, 5.74) is 7.95. The van der Waals surface area contributed by atoms with Crippen molar-refractivity contribution in [3.63, 3.8) is 0 Å². The largest absolute Gasteiger partial charge is 0.444 e. The molecule has 0 bridgehead atoms. The van der Waals surface area contributed by atoms with Gasteiger partial charge in [-0.3, -0.25) is 0 Å². The maximum Gasteiger partial charge on any atom is 0.410 e. The van der Waals surface area contributed by atoms with Crippen molar-refractivity contribution in [2.75, 3.05) is 13.1 Å². The SMILES string of the molecule is C[C@@H]1CN(C(=O)OC(C)(C)C)CC[C@H]1N=[N+]=[N-]. The summed E-state index contributed by atoms with van der Waals surface area (Å²) in [5.74, 6) is 0.173. The summed E-state index contributed by atoms with van der Waals surface area (Å²) in [5, 5.41) is 3.73. The standard InChI is InChI=1S/C11H20N4O2/c1-8-7-15(6-5-9(8)13-14-12)10(16)17-11(2,3)4/h8-9H,5-7H2,1-4H3/t8-,9-/m1/s1. The predicted molar refractivity (Wildman–Crippen MR) is 64.5 cm³/mol. The number of ether oxygens (including phenoxy) is 1. The van der Waals surface area contributed by atoms with Crippen LogP contribution in [-0.4, -0.2) is 35.7 Å². The molecule has 0 aromatic heterocycles. The van der Waals surface area contributed by atoms with Crippen LogP contribution in [0.2, 0.25) is 0 Å². The Morgan fingerprint density at radius 2 is 2.18 bits per heavy atom. The monoisotopic (exact) mass is 240 g/mol. The van der Waals surface area contributed by atoms with Crippen molar-refractivity contribution in [1.29, 1.82) is 0 Å². The molecule has 0 radical (unpaired) electrons. The fourth-order valence-corrected chi connectivity index (χ4v) is 1.86. The molecule has 1 aliphatic heterocycles. The molecule has 6 nitrogen and oxygen atoms in total. The topological polar surface area (TPSA) is 78.3 Å². The van der Waals surface area contributed by atoms with E-state index in [-0.39, 0.29) is 18.1 Å². The third kappa shape index (κ3) is 4.15. The van der Waals surface area contributed by atoms with E-state index < -0.39 is 5.60 Å². The van der Waals surface area contributed by atoms with Gasteiger partial charge < -0.3 is 9.64 Å². The molecule has 0 unspecified atom stereocenters. The first-order valence-corrected chi connectivity index (χ1v) is 5.85. The summed E-state index contributed by atoms with van der Waals surface area (Å²) >= 11 is 0. The van der Waals surface area contributed by atoms with Crippen molar-refractivity contribution in [3.05, 3.63) is 10.4 Å². The number of nitrogens with zero attached hydrogens (tertiary/aromatic N) is 4. The van der Waals surface area contributed by atoms with Crippen molar-refractivity contribution in [2.24, 2.45) is 11.0 Å². The average molecular weight is 240 g/mol.